The SMILES string of the molecule is Nc1ccn([C@@H]2O[C@H](COP3(=O)OCC[C@H](c4ccc(F)cc4)O3)[C@@H](O)[C@@H]2O)c(=O)n1. The second-order valence-corrected chi connectivity index (χ2v) is 8.72. The van der Waals surface area contributed by atoms with Crippen molar-refractivity contribution in [2.24, 2.45) is 0 Å². The van der Waals surface area contributed by atoms with Gasteiger partial charge in [-0.3, -0.25) is 18.1 Å². The van der Waals surface area contributed by atoms with E-state index in [9.17, 15) is 24.0 Å². The van der Waals surface area contributed by atoms with Crippen LogP contribution in [0.15, 0.2) is 41.3 Å². The van der Waals surface area contributed by atoms with Crippen LogP contribution in [-0.2, 0) is 22.9 Å². The number of phosphoric acid groups is 1. The van der Waals surface area contributed by atoms with Gasteiger partial charge in [-0.1, -0.05) is 12.1 Å². The van der Waals surface area contributed by atoms with Crippen LogP contribution in [0.5, 0.6) is 0 Å². The zero-order chi connectivity index (χ0) is 22.2. The minimum atomic E-state index is -4.02. The van der Waals surface area contributed by atoms with E-state index in [1.807, 2.05) is 0 Å². The molecule has 2 fully saturated rings. The number of benzene rings is 1. The maximum atomic E-state index is 13.1. The molecule has 4 N–H and O–H groups in total. The van der Waals surface area contributed by atoms with E-state index in [1.54, 1.807) is 0 Å². The van der Waals surface area contributed by atoms with Crippen molar-refractivity contribution in [1.82, 2.24) is 9.55 Å². The number of ether oxygens (including phenoxy) is 1. The normalized spacial score (nSPS) is 33.5. The molecule has 0 bridgehead atoms. The van der Waals surface area contributed by atoms with Crippen LogP contribution < -0.4 is 11.4 Å². The van der Waals surface area contributed by atoms with Gasteiger partial charge in [0.1, 0.15) is 29.9 Å². The molecule has 0 radical (unpaired) electrons. The van der Waals surface area contributed by atoms with Crippen molar-refractivity contribution in [3.05, 3.63) is 58.4 Å². The van der Waals surface area contributed by atoms with Gasteiger partial charge in [-0.05, 0) is 23.8 Å². The Kier molecular flexibility index (Phi) is 6.22. The number of nitrogens with zero attached hydrogens (tertiary/aromatic N) is 2. The molecule has 2 saturated heterocycles. The molecule has 0 spiro atoms. The smallest absolute Gasteiger partial charge is 0.387 e. The number of rotatable bonds is 5. The molecule has 6 atom stereocenters. The molecule has 2 aliphatic rings. The fraction of sp³-hybridized carbons (Fsp3) is 0.444. The van der Waals surface area contributed by atoms with Crippen molar-refractivity contribution >= 4 is 13.6 Å². The highest BCUT2D eigenvalue weighted by atomic mass is 31.2. The van der Waals surface area contributed by atoms with Crippen molar-refractivity contribution in [2.45, 2.75) is 37.1 Å². The van der Waals surface area contributed by atoms with Crippen molar-refractivity contribution in [1.29, 1.82) is 0 Å². The molecule has 0 aliphatic carbocycles. The predicted molar refractivity (Wildman–Crippen MR) is 103 cm³/mol. The average Bonchev–Trinajstić information content (AvgIpc) is 3.01. The molecule has 13 heteroatoms. The van der Waals surface area contributed by atoms with Gasteiger partial charge in [0.2, 0.25) is 0 Å². The lowest BCUT2D eigenvalue weighted by atomic mass is 10.1. The Morgan fingerprint density at radius 3 is 2.71 bits per heavy atom. The van der Waals surface area contributed by atoms with Gasteiger partial charge in [-0.15, -0.1) is 0 Å². The summed E-state index contributed by atoms with van der Waals surface area (Å²) >= 11 is 0. The first-order chi connectivity index (χ1) is 14.8. The Balaban J connectivity index is 1.41. The number of halogens is 1. The summed E-state index contributed by atoms with van der Waals surface area (Å²) in [5, 5.41) is 20.6. The zero-order valence-corrected chi connectivity index (χ0v) is 17.0. The molecule has 11 nitrogen and oxygen atoms in total. The summed E-state index contributed by atoms with van der Waals surface area (Å²) in [7, 11) is -4.02. The quantitative estimate of drug-likeness (QED) is 0.551. The van der Waals surface area contributed by atoms with E-state index in [-0.39, 0.29) is 12.4 Å². The van der Waals surface area contributed by atoms with E-state index < -0.39 is 56.6 Å². The number of anilines is 1. The van der Waals surface area contributed by atoms with Crippen LogP contribution in [0.3, 0.4) is 0 Å². The number of aliphatic hydroxyl groups excluding tert-OH is 2. The lowest BCUT2D eigenvalue weighted by molar-refractivity contribution is -0.0609. The Labute approximate surface area is 175 Å². The van der Waals surface area contributed by atoms with Gasteiger partial charge in [-0.25, -0.2) is 13.8 Å². The largest absolute Gasteiger partial charge is 0.475 e. The number of hydrogen-bond acceptors (Lipinski definition) is 10. The number of aromatic nitrogens is 2. The second-order valence-electron chi connectivity index (χ2n) is 7.10. The Morgan fingerprint density at radius 1 is 1.26 bits per heavy atom. The van der Waals surface area contributed by atoms with E-state index in [1.165, 1.54) is 36.5 Å². The third kappa shape index (κ3) is 4.70. The van der Waals surface area contributed by atoms with Gasteiger partial charge in [0.25, 0.3) is 0 Å². The van der Waals surface area contributed by atoms with Gasteiger partial charge >= 0.3 is 13.5 Å². The summed E-state index contributed by atoms with van der Waals surface area (Å²) in [6.07, 6.45) is -4.27. The fourth-order valence-corrected chi connectivity index (χ4v) is 4.76. The van der Waals surface area contributed by atoms with E-state index >= 15 is 0 Å². The predicted octanol–water partition coefficient (Wildman–Crippen LogP) is 0.887. The van der Waals surface area contributed by atoms with E-state index in [2.05, 4.69) is 4.98 Å². The van der Waals surface area contributed by atoms with Crippen molar-refractivity contribution in [2.75, 3.05) is 18.9 Å². The van der Waals surface area contributed by atoms with Crippen LogP contribution in [0.4, 0.5) is 10.2 Å². The molecular formula is C18H21FN3O8P. The monoisotopic (exact) mass is 457 g/mol. The third-order valence-electron chi connectivity index (χ3n) is 4.99. The van der Waals surface area contributed by atoms with Crippen LogP contribution in [0.2, 0.25) is 0 Å². The molecule has 1 unspecified atom stereocenters. The van der Waals surface area contributed by atoms with Crippen LogP contribution in [-0.4, -0.2) is 51.3 Å². The first kappa shape index (κ1) is 22.0. The average molecular weight is 457 g/mol. The van der Waals surface area contributed by atoms with E-state index in [0.29, 0.717) is 12.0 Å². The van der Waals surface area contributed by atoms with Crippen LogP contribution in [0.1, 0.15) is 24.3 Å². The van der Waals surface area contributed by atoms with E-state index in [0.717, 1.165) is 4.57 Å². The Morgan fingerprint density at radius 2 is 2.00 bits per heavy atom. The Bertz CT molecular complexity index is 1040. The number of phosphoric ester groups is 1. The maximum absolute atomic E-state index is 13.1. The molecule has 0 saturated carbocycles. The first-order valence-corrected chi connectivity index (χ1v) is 10.9. The molecule has 1 aromatic heterocycles. The molecule has 168 valence electrons. The summed E-state index contributed by atoms with van der Waals surface area (Å²) in [6, 6.07) is 6.89. The highest BCUT2D eigenvalue weighted by Crippen LogP contribution is 2.57. The van der Waals surface area contributed by atoms with Crippen LogP contribution in [0.25, 0.3) is 0 Å². The summed E-state index contributed by atoms with van der Waals surface area (Å²) in [5.74, 6) is -0.416. The number of aliphatic hydroxyl groups is 2. The van der Waals surface area contributed by atoms with Crippen molar-refractivity contribution in [3.63, 3.8) is 0 Å². The minimum absolute atomic E-state index is 0.00503. The number of nitrogens with two attached hydrogens (primary N) is 1. The molecule has 1 aromatic carbocycles. The minimum Gasteiger partial charge on any atom is -0.387 e. The van der Waals surface area contributed by atoms with Crippen molar-refractivity contribution < 1.29 is 37.5 Å². The fourth-order valence-electron chi connectivity index (χ4n) is 3.36. The highest BCUT2D eigenvalue weighted by molar-refractivity contribution is 7.48. The molecule has 31 heavy (non-hydrogen) atoms. The molecular weight excluding hydrogens is 436 g/mol. The van der Waals surface area contributed by atoms with Crippen molar-refractivity contribution in [3.8, 4) is 0 Å². The van der Waals surface area contributed by atoms with Gasteiger partial charge < -0.3 is 20.7 Å². The van der Waals surface area contributed by atoms with Gasteiger partial charge in [0.15, 0.2) is 6.23 Å². The molecule has 2 aliphatic heterocycles. The maximum Gasteiger partial charge on any atom is 0.475 e. The molecule has 3 heterocycles. The van der Waals surface area contributed by atoms with Crippen LogP contribution in [0, 0.1) is 5.82 Å². The van der Waals surface area contributed by atoms with Gasteiger partial charge in [0, 0.05) is 12.6 Å². The number of nitrogen functional groups attached to an aromatic ring is 1. The lowest BCUT2D eigenvalue weighted by Crippen LogP contribution is -2.36. The van der Waals surface area contributed by atoms with E-state index in [4.69, 9.17) is 24.0 Å². The molecule has 2 aromatic rings. The summed E-state index contributed by atoms with van der Waals surface area (Å²) in [6.45, 7) is -0.371. The zero-order valence-electron chi connectivity index (χ0n) is 16.1. The molecule has 0 amide bonds. The number of hydrogen-bond donors (Lipinski definition) is 3. The first-order valence-electron chi connectivity index (χ1n) is 9.45. The molecule has 4 rings (SSSR count). The standard InChI is InChI=1S/C18H21FN3O8P/c19-11-3-1-10(2-4-11)12-6-8-27-31(26,30-12)28-9-13-15(23)16(24)17(29-13)22-7-5-14(20)21-18(22)25/h1-5,7,12-13,15-17,23-24H,6,8-9H2,(H2,20,21,25)/t12-,13-,15-,16+,17-,31?/m1/s1. The van der Waals surface area contributed by atoms with Crippen LogP contribution >= 0.6 is 7.82 Å². The summed E-state index contributed by atoms with van der Waals surface area (Å²) in [4.78, 5) is 15.5. The van der Waals surface area contributed by atoms with Gasteiger partial charge in [0.05, 0.1) is 19.3 Å². The lowest BCUT2D eigenvalue weighted by Gasteiger charge is -2.29. The topological polar surface area (TPSA) is 155 Å². The Hall–Kier alpha value is -2.18. The second kappa shape index (κ2) is 8.75. The highest BCUT2D eigenvalue weighted by Gasteiger charge is 2.46. The van der Waals surface area contributed by atoms with Gasteiger partial charge in [-0.2, -0.15) is 4.98 Å². The third-order valence-corrected chi connectivity index (χ3v) is 6.46. The summed E-state index contributed by atoms with van der Waals surface area (Å²) in [5.41, 5.74) is 5.28. The summed E-state index contributed by atoms with van der Waals surface area (Å²) < 4.78 is 48.4.